The molecule has 0 bridgehead atoms. The minimum atomic E-state index is -3.57. The molecular formula is C6H12O5S. The van der Waals surface area contributed by atoms with Crippen LogP contribution < -0.4 is 0 Å². The second kappa shape index (κ2) is 3.86. The lowest BCUT2D eigenvalue weighted by Crippen LogP contribution is -2.27. The van der Waals surface area contributed by atoms with Crippen molar-refractivity contribution in [3.05, 3.63) is 0 Å². The number of hydrogen-bond donors (Lipinski definition) is 1. The third-order valence-corrected chi connectivity index (χ3v) is 2.07. The number of carboxylic acids is 1. The first-order valence-corrected chi connectivity index (χ1v) is 5.16. The quantitative estimate of drug-likeness (QED) is 0.643. The molecule has 0 radical (unpaired) electrons. The summed E-state index contributed by atoms with van der Waals surface area (Å²) in [6.07, 6.45) is 0.0513. The van der Waals surface area contributed by atoms with Crippen LogP contribution in [0.5, 0.6) is 0 Å². The molecule has 0 heterocycles. The minimum absolute atomic E-state index is 0.834. The molecule has 0 saturated heterocycles. The van der Waals surface area contributed by atoms with Crippen LogP contribution in [0.3, 0.4) is 0 Å². The second-order valence-electron chi connectivity index (χ2n) is 2.63. The molecular weight excluding hydrogens is 184 g/mol. The Morgan fingerprint density at radius 2 is 1.83 bits per heavy atom. The predicted molar refractivity (Wildman–Crippen MR) is 42.2 cm³/mol. The van der Waals surface area contributed by atoms with Crippen molar-refractivity contribution in [2.75, 3.05) is 6.26 Å². The summed E-state index contributed by atoms with van der Waals surface area (Å²) in [5.74, 6) is -1.91. The van der Waals surface area contributed by atoms with Gasteiger partial charge >= 0.3 is 5.97 Å². The summed E-state index contributed by atoms with van der Waals surface area (Å²) in [7, 11) is -3.57. The third kappa shape index (κ3) is 4.30. The van der Waals surface area contributed by atoms with Gasteiger partial charge in [0.15, 0.2) is 0 Å². The topological polar surface area (TPSA) is 80.7 Å². The van der Waals surface area contributed by atoms with E-state index in [0.717, 1.165) is 6.26 Å². The van der Waals surface area contributed by atoms with Crippen molar-refractivity contribution in [1.82, 2.24) is 0 Å². The average molecular weight is 196 g/mol. The fraction of sp³-hybridized carbons (Fsp3) is 0.833. The van der Waals surface area contributed by atoms with E-state index in [1.165, 1.54) is 13.8 Å². The number of aliphatic carboxylic acids is 1. The van der Waals surface area contributed by atoms with Crippen molar-refractivity contribution in [2.24, 2.45) is 5.92 Å². The molecule has 2 atom stereocenters. The first-order valence-electron chi connectivity index (χ1n) is 3.35. The van der Waals surface area contributed by atoms with E-state index in [1.54, 1.807) is 0 Å². The average Bonchev–Trinajstić information content (AvgIpc) is 1.82. The van der Waals surface area contributed by atoms with Gasteiger partial charge in [0.1, 0.15) is 0 Å². The predicted octanol–water partition coefficient (Wildman–Crippen LogP) is 0.0718. The van der Waals surface area contributed by atoms with Gasteiger partial charge in [0, 0.05) is 0 Å². The SMILES string of the molecule is CC(OS(C)(=O)=O)C(C)C(=O)O. The van der Waals surface area contributed by atoms with Gasteiger partial charge in [-0.1, -0.05) is 0 Å². The van der Waals surface area contributed by atoms with Crippen LogP contribution >= 0.6 is 0 Å². The van der Waals surface area contributed by atoms with Crippen molar-refractivity contribution < 1.29 is 22.5 Å². The maximum Gasteiger partial charge on any atom is 0.308 e. The minimum Gasteiger partial charge on any atom is -0.481 e. The van der Waals surface area contributed by atoms with E-state index in [1.807, 2.05) is 0 Å². The van der Waals surface area contributed by atoms with E-state index in [4.69, 9.17) is 5.11 Å². The van der Waals surface area contributed by atoms with Gasteiger partial charge in [-0.05, 0) is 13.8 Å². The Labute approximate surface area is 71.5 Å². The molecule has 72 valence electrons. The van der Waals surface area contributed by atoms with Crippen LogP contribution in [0.4, 0.5) is 0 Å². The Kier molecular flexibility index (Phi) is 3.66. The monoisotopic (exact) mass is 196 g/mol. The normalized spacial score (nSPS) is 16.9. The second-order valence-corrected chi connectivity index (χ2v) is 4.23. The van der Waals surface area contributed by atoms with Crippen molar-refractivity contribution in [3.63, 3.8) is 0 Å². The van der Waals surface area contributed by atoms with E-state index in [-0.39, 0.29) is 0 Å². The Bertz CT molecular complexity index is 255. The summed E-state index contributed by atoms with van der Waals surface area (Å²) in [5.41, 5.74) is 0. The van der Waals surface area contributed by atoms with Crippen LogP contribution in [-0.2, 0) is 19.1 Å². The summed E-state index contributed by atoms with van der Waals surface area (Å²) in [6, 6.07) is 0. The highest BCUT2D eigenvalue weighted by molar-refractivity contribution is 7.86. The van der Waals surface area contributed by atoms with Gasteiger partial charge in [0.05, 0.1) is 18.3 Å². The van der Waals surface area contributed by atoms with Gasteiger partial charge in [-0.3, -0.25) is 8.98 Å². The van der Waals surface area contributed by atoms with Crippen LogP contribution in [0.1, 0.15) is 13.8 Å². The molecule has 0 aromatic carbocycles. The smallest absolute Gasteiger partial charge is 0.308 e. The molecule has 1 N–H and O–H groups in total. The van der Waals surface area contributed by atoms with Crippen LogP contribution in [0.15, 0.2) is 0 Å². The van der Waals surface area contributed by atoms with Gasteiger partial charge in [-0.15, -0.1) is 0 Å². The van der Waals surface area contributed by atoms with Gasteiger partial charge in [0.25, 0.3) is 10.1 Å². The van der Waals surface area contributed by atoms with E-state index >= 15 is 0 Å². The van der Waals surface area contributed by atoms with Gasteiger partial charge in [-0.2, -0.15) is 8.42 Å². The largest absolute Gasteiger partial charge is 0.481 e. The molecule has 0 rings (SSSR count). The first kappa shape index (κ1) is 11.4. The summed E-state index contributed by atoms with van der Waals surface area (Å²) < 4.78 is 25.6. The molecule has 0 aliphatic carbocycles. The van der Waals surface area contributed by atoms with Gasteiger partial charge < -0.3 is 5.11 Å². The van der Waals surface area contributed by atoms with Crippen LogP contribution in [0, 0.1) is 5.92 Å². The molecule has 0 aliphatic heterocycles. The maximum absolute atomic E-state index is 10.6. The fourth-order valence-electron chi connectivity index (χ4n) is 0.560. The Balaban J connectivity index is 4.23. The van der Waals surface area contributed by atoms with Gasteiger partial charge in [0.2, 0.25) is 0 Å². The molecule has 12 heavy (non-hydrogen) atoms. The number of carbonyl (C=O) groups is 1. The van der Waals surface area contributed by atoms with Crippen molar-refractivity contribution >= 4 is 16.1 Å². The molecule has 5 nitrogen and oxygen atoms in total. The summed E-state index contributed by atoms with van der Waals surface area (Å²) in [5, 5.41) is 8.47. The highest BCUT2D eigenvalue weighted by Gasteiger charge is 2.23. The molecule has 0 amide bonds. The maximum atomic E-state index is 10.6. The number of carboxylic acid groups (broad SMARTS) is 1. The lowest BCUT2D eigenvalue weighted by Gasteiger charge is -2.14. The van der Waals surface area contributed by atoms with E-state index in [9.17, 15) is 13.2 Å². The molecule has 0 fully saturated rings. The Morgan fingerprint density at radius 3 is 2.08 bits per heavy atom. The Morgan fingerprint density at radius 1 is 1.42 bits per heavy atom. The fourth-order valence-corrected chi connectivity index (χ4v) is 1.28. The molecule has 0 aliphatic rings. The van der Waals surface area contributed by atoms with Crippen LogP contribution in [0.2, 0.25) is 0 Å². The zero-order chi connectivity index (χ0) is 9.94. The molecule has 0 spiro atoms. The number of hydrogen-bond acceptors (Lipinski definition) is 4. The molecule has 2 unspecified atom stereocenters. The summed E-state index contributed by atoms with van der Waals surface area (Å²) in [4.78, 5) is 10.4. The van der Waals surface area contributed by atoms with E-state index in [2.05, 4.69) is 4.18 Å². The zero-order valence-corrected chi connectivity index (χ0v) is 7.96. The third-order valence-electron chi connectivity index (χ3n) is 1.42. The lowest BCUT2D eigenvalue weighted by atomic mass is 10.1. The van der Waals surface area contributed by atoms with Crippen molar-refractivity contribution in [1.29, 1.82) is 0 Å². The van der Waals surface area contributed by atoms with Crippen LogP contribution in [0.25, 0.3) is 0 Å². The first-order chi connectivity index (χ1) is 5.24. The van der Waals surface area contributed by atoms with Crippen molar-refractivity contribution in [2.45, 2.75) is 20.0 Å². The number of rotatable bonds is 4. The zero-order valence-electron chi connectivity index (χ0n) is 7.14. The van der Waals surface area contributed by atoms with Crippen LogP contribution in [-0.4, -0.2) is 31.9 Å². The Hall–Kier alpha value is -0.620. The van der Waals surface area contributed by atoms with Gasteiger partial charge in [-0.25, -0.2) is 0 Å². The van der Waals surface area contributed by atoms with E-state index in [0.29, 0.717) is 0 Å². The molecule has 0 saturated carbocycles. The lowest BCUT2D eigenvalue weighted by molar-refractivity contribution is -0.143. The highest BCUT2D eigenvalue weighted by Crippen LogP contribution is 2.09. The van der Waals surface area contributed by atoms with Crippen molar-refractivity contribution in [3.8, 4) is 0 Å². The summed E-state index contributed by atoms with van der Waals surface area (Å²) >= 11 is 0. The molecule has 0 aromatic rings. The highest BCUT2D eigenvalue weighted by atomic mass is 32.2. The summed E-state index contributed by atoms with van der Waals surface area (Å²) in [6.45, 7) is 2.79. The molecule has 0 aromatic heterocycles. The van der Waals surface area contributed by atoms with E-state index < -0.39 is 28.1 Å². The molecule has 6 heteroatoms. The standard InChI is InChI=1S/C6H12O5S/c1-4(6(7)8)5(2)11-12(3,9)10/h4-5H,1-3H3,(H,7,8).